The number of pyridine rings is 1. The first-order valence-corrected chi connectivity index (χ1v) is 7.80. The highest BCUT2D eigenvalue weighted by Crippen LogP contribution is 2.10. The van der Waals surface area contributed by atoms with Crippen molar-refractivity contribution in [1.82, 2.24) is 15.0 Å². The highest BCUT2D eigenvalue weighted by atomic mass is 16.5. The molecule has 120 valence electrons. The first-order chi connectivity index (χ1) is 11.6. The Labute approximate surface area is 138 Å². The summed E-state index contributed by atoms with van der Waals surface area (Å²) in [6.45, 7) is 4.14. The van der Waals surface area contributed by atoms with E-state index in [0.29, 0.717) is 0 Å². The Hall–Kier alpha value is -3.08. The number of aromatic nitrogens is 3. The van der Waals surface area contributed by atoms with Crippen LogP contribution in [0.4, 0.5) is 0 Å². The summed E-state index contributed by atoms with van der Waals surface area (Å²) in [6.07, 6.45) is 7.67. The molecular weight excluding hydrogens is 300 g/mol. The number of hydrogen-bond donors (Lipinski definition) is 2. The maximum absolute atomic E-state index is 5.52. The van der Waals surface area contributed by atoms with Crippen molar-refractivity contribution in [2.45, 2.75) is 13.8 Å². The van der Waals surface area contributed by atoms with Gasteiger partial charge in [-0.3, -0.25) is 4.98 Å². The van der Waals surface area contributed by atoms with Gasteiger partial charge in [0.05, 0.1) is 28.9 Å². The van der Waals surface area contributed by atoms with Gasteiger partial charge in [0.25, 0.3) is 0 Å². The number of fused-ring (bicyclic) bond motifs is 1. The van der Waals surface area contributed by atoms with Crippen molar-refractivity contribution in [2.75, 3.05) is 7.11 Å². The Balaban J connectivity index is 1.93. The van der Waals surface area contributed by atoms with E-state index in [9.17, 15) is 0 Å². The fraction of sp³-hybridized carbons (Fsp3) is 0.158. The monoisotopic (exact) mass is 318 g/mol. The van der Waals surface area contributed by atoms with Gasteiger partial charge in [-0.25, -0.2) is 4.99 Å². The highest BCUT2D eigenvalue weighted by Gasteiger charge is 2.06. The minimum atomic E-state index is 0.793. The van der Waals surface area contributed by atoms with Crippen LogP contribution in [-0.4, -0.2) is 22.1 Å². The van der Waals surface area contributed by atoms with Crippen LogP contribution in [0.5, 0.6) is 5.75 Å². The standard InChI is InChI=1S/C19H18N4O/c1-11-6-12(2)21-15(11)8-18-19(24-3)9-17(23-18)16-7-13-10-20-5-4-14(13)22-16/h4-10,21,23H,1-3H3. The molecule has 0 aliphatic carbocycles. The molecule has 3 aromatic rings. The predicted octanol–water partition coefficient (Wildman–Crippen LogP) is 0.414. The van der Waals surface area contributed by atoms with E-state index in [1.165, 1.54) is 5.56 Å². The number of rotatable bonds is 2. The molecule has 24 heavy (non-hydrogen) atoms. The Bertz CT molecular complexity index is 1130. The lowest BCUT2D eigenvalue weighted by Gasteiger charge is -1.94. The van der Waals surface area contributed by atoms with Crippen LogP contribution in [0.3, 0.4) is 0 Å². The molecule has 0 radical (unpaired) electrons. The third kappa shape index (κ3) is 2.44. The quantitative estimate of drug-likeness (QED) is 0.719. The summed E-state index contributed by atoms with van der Waals surface area (Å²) < 4.78 is 5.52. The third-order valence-electron chi connectivity index (χ3n) is 4.15. The molecule has 0 saturated carbocycles. The fourth-order valence-corrected chi connectivity index (χ4v) is 2.97. The maximum atomic E-state index is 5.52. The lowest BCUT2D eigenvalue weighted by atomic mass is 10.2. The van der Waals surface area contributed by atoms with Crippen LogP contribution in [0.2, 0.25) is 0 Å². The molecule has 0 amide bonds. The minimum absolute atomic E-state index is 0.793. The van der Waals surface area contributed by atoms with Crippen molar-refractivity contribution in [3.05, 3.63) is 68.8 Å². The first-order valence-electron chi connectivity index (χ1n) is 7.80. The second-order valence-corrected chi connectivity index (χ2v) is 5.93. The van der Waals surface area contributed by atoms with Gasteiger partial charge >= 0.3 is 0 Å². The van der Waals surface area contributed by atoms with E-state index in [4.69, 9.17) is 4.74 Å². The molecule has 4 heterocycles. The minimum Gasteiger partial charge on any atom is -0.494 e. The van der Waals surface area contributed by atoms with E-state index in [2.05, 4.69) is 45.9 Å². The summed E-state index contributed by atoms with van der Waals surface area (Å²) in [5.41, 5.74) is 4.30. The Morgan fingerprint density at radius 1 is 1.17 bits per heavy atom. The van der Waals surface area contributed by atoms with Crippen molar-refractivity contribution in [3.8, 4) is 5.75 Å². The number of methoxy groups -OCH3 is 1. The Morgan fingerprint density at radius 2 is 2.04 bits per heavy atom. The Morgan fingerprint density at radius 3 is 2.75 bits per heavy atom. The number of aryl methyl sites for hydroxylation is 2. The molecule has 0 bridgehead atoms. The molecule has 4 rings (SSSR count). The van der Waals surface area contributed by atoms with Gasteiger partial charge in [-0.1, -0.05) is 0 Å². The molecule has 0 saturated heterocycles. The van der Waals surface area contributed by atoms with Gasteiger partial charge in [-0.15, -0.1) is 0 Å². The lowest BCUT2D eigenvalue weighted by molar-refractivity contribution is 0.412. The molecule has 3 aromatic heterocycles. The summed E-state index contributed by atoms with van der Waals surface area (Å²) in [5.74, 6) is 0.793. The van der Waals surface area contributed by atoms with Crippen LogP contribution in [0.15, 0.2) is 35.6 Å². The van der Waals surface area contributed by atoms with E-state index in [0.717, 1.165) is 44.1 Å². The predicted molar refractivity (Wildman–Crippen MR) is 93.3 cm³/mol. The SMILES string of the molecule is COc1cc(=C2C=c3cnccc3=N2)[nH]c1=Cc1[nH]c(C)cc1C. The maximum Gasteiger partial charge on any atom is 0.144 e. The molecule has 0 unspecified atom stereocenters. The number of H-pyrrole nitrogens is 2. The van der Waals surface area contributed by atoms with Crippen LogP contribution in [0.25, 0.3) is 17.8 Å². The molecule has 1 aliphatic rings. The zero-order chi connectivity index (χ0) is 16.7. The Kier molecular flexibility index (Phi) is 3.34. The van der Waals surface area contributed by atoms with Gasteiger partial charge in [0.1, 0.15) is 5.75 Å². The van der Waals surface area contributed by atoms with E-state index < -0.39 is 0 Å². The van der Waals surface area contributed by atoms with Crippen LogP contribution < -0.4 is 26.0 Å². The van der Waals surface area contributed by atoms with Crippen LogP contribution in [-0.2, 0) is 0 Å². The van der Waals surface area contributed by atoms with Crippen molar-refractivity contribution >= 4 is 17.8 Å². The third-order valence-corrected chi connectivity index (χ3v) is 4.15. The van der Waals surface area contributed by atoms with Gasteiger partial charge in [-0.2, -0.15) is 0 Å². The van der Waals surface area contributed by atoms with Crippen LogP contribution in [0, 0.1) is 13.8 Å². The van der Waals surface area contributed by atoms with Gasteiger partial charge in [0.2, 0.25) is 0 Å². The van der Waals surface area contributed by atoms with E-state index in [-0.39, 0.29) is 0 Å². The normalized spacial score (nSPS) is 15.9. The van der Waals surface area contributed by atoms with Crippen LogP contribution >= 0.6 is 0 Å². The molecule has 0 fully saturated rings. The molecule has 0 spiro atoms. The number of ether oxygens (including phenoxy) is 1. The average Bonchev–Trinajstić information content (AvgIpc) is 3.24. The number of nitrogens with zero attached hydrogens (tertiary/aromatic N) is 2. The van der Waals surface area contributed by atoms with Gasteiger partial charge in [0, 0.05) is 35.1 Å². The molecule has 5 heteroatoms. The molecule has 5 nitrogen and oxygen atoms in total. The van der Waals surface area contributed by atoms with Crippen molar-refractivity contribution in [1.29, 1.82) is 0 Å². The number of hydrogen-bond acceptors (Lipinski definition) is 3. The van der Waals surface area contributed by atoms with E-state index in [1.54, 1.807) is 13.3 Å². The molecule has 0 aromatic carbocycles. The zero-order valence-electron chi connectivity index (χ0n) is 13.8. The summed E-state index contributed by atoms with van der Waals surface area (Å²) in [4.78, 5) is 15.6. The highest BCUT2D eigenvalue weighted by molar-refractivity contribution is 5.76. The first kappa shape index (κ1) is 14.5. The number of aromatic amines is 2. The average molecular weight is 318 g/mol. The fourth-order valence-electron chi connectivity index (χ4n) is 2.97. The van der Waals surface area contributed by atoms with Crippen molar-refractivity contribution in [3.63, 3.8) is 0 Å². The summed E-state index contributed by atoms with van der Waals surface area (Å²) >= 11 is 0. The molecule has 1 aliphatic heterocycles. The van der Waals surface area contributed by atoms with Crippen molar-refractivity contribution in [2.24, 2.45) is 4.99 Å². The summed E-state index contributed by atoms with van der Waals surface area (Å²) in [5, 5.41) is 3.82. The molecule has 0 atom stereocenters. The molecule has 2 N–H and O–H groups in total. The van der Waals surface area contributed by atoms with Gasteiger partial charge in [-0.05, 0) is 43.7 Å². The largest absolute Gasteiger partial charge is 0.494 e. The summed E-state index contributed by atoms with van der Waals surface area (Å²) in [7, 11) is 1.68. The van der Waals surface area contributed by atoms with Gasteiger partial charge < -0.3 is 14.7 Å². The van der Waals surface area contributed by atoms with Crippen molar-refractivity contribution < 1.29 is 4.74 Å². The molecular formula is C19H18N4O. The smallest absolute Gasteiger partial charge is 0.144 e. The van der Waals surface area contributed by atoms with Gasteiger partial charge in [0.15, 0.2) is 0 Å². The zero-order valence-corrected chi connectivity index (χ0v) is 13.8. The van der Waals surface area contributed by atoms with Crippen LogP contribution in [0.1, 0.15) is 17.0 Å². The van der Waals surface area contributed by atoms with E-state index >= 15 is 0 Å². The number of nitrogens with one attached hydrogen (secondary N) is 2. The topological polar surface area (TPSA) is 66.1 Å². The summed E-state index contributed by atoms with van der Waals surface area (Å²) in [6, 6.07) is 6.02. The second kappa shape index (κ2) is 5.53. The lowest BCUT2D eigenvalue weighted by Crippen LogP contribution is -2.20. The second-order valence-electron chi connectivity index (χ2n) is 5.93. The van der Waals surface area contributed by atoms with E-state index in [1.807, 2.05) is 24.4 Å².